The van der Waals surface area contributed by atoms with Gasteiger partial charge in [-0.2, -0.15) is 0 Å². The molecule has 0 atom stereocenters. The largest absolute Gasteiger partial charge is 0.418 e. The van der Waals surface area contributed by atoms with Crippen molar-refractivity contribution in [2.75, 3.05) is 14.2 Å². The summed E-state index contributed by atoms with van der Waals surface area (Å²) in [4.78, 5) is 0. The molecule has 0 rings (SSSR count). The molecule has 9 heteroatoms. The van der Waals surface area contributed by atoms with Gasteiger partial charge in [-0.1, -0.05) is 22.6 Å². The van der Waals surface area contributed by atoms with Crippen LogP contribution in [-0.4, -0.2) is 30.8 Å². The molecule has 0 heterocycles. The molecular formula is C8H19INO5PS. The molecule has 0 aromatic heterocycles. The van der Waals surface area contributed by atoms with E-state index in [0.717, 1.165) is 14.2 Å². The fraction of sp³-hybridized carbons (Fsp3) is 1.00. The smallest absolute Gasteiger partial charge is 0.299 e. The van der Waals surface area contributed by atoms with Gasteiger partial charge in [0.25, 0.3) is 0 Å². The van der Waals surface area contributed by atoms with E-state index in [-0.39, 0.29) is 0 Å². The van der Waals surface area contributed by atoms with Crippen molar-refractivity contribution in [3.8, 4) is 0 Å². The molecule has 0 radical (unpaired) electrons. The SMILES string of the molecule is COP(=O)(NS(=O)(=O)C(C)(C)C(C)(C)I)OC. The Morgan fingerprint density at radius 3 is 1.71 bits per heavy atom. The van der Waals surface area contributed by atoms with E-state index in [9.17, 15) is 13.0 Å². The number of alkyl halides is 1. The number of sulfonamides is 1. The average molecular weight is 399 g/mol. The van der Waals surface area contributed by atoms with Gasteiger partial charge in [-0.05, 0) is 27.7 Å². The van der Waals surface area contributed by atoms with Crippen molar-refractivity contribution in [1.29, 1.82) is 0 Å². The molecule has 0 saturated carbocycles. The molecule has 104 valence electrons. The molecule has 17 heavy (non-hydrogen) atoms. The first-order valence-electron chi connectivity index (χ1n) is 4.77. The van der Waals surface area contributed by atoms with Gasteiger partial charge in [-0.25, -0.2) is 13.0 Å². The van der Waals surface area contributed by atoms with E-state index in [1.165, 1.54) is 0 Å². The van der Waals surface area contributed by atoms with Crippen LogP contribution < -0.4 is 4.49 Å². The Hall–Kier alpha value is 0.790. The highest BCUT2D eigenvalue weighted by molar-refractivity contribution is 14.1. The minimum absolute atomic E-state index is 0.567. The number of rotatable bonds is 6. The van der Waals surface area contributed by atoms with Crippen molar-refractivity contribution < 1.29 is 22.0 Å². The second kappa shape index (κ2) is 5.42. The second-order valence-corrected chi connectivity index (χ2v) is 11.6. The summed E-state index contributed by atoms with van der Waals surface area (Å²) in [6, 6.07) is 0. The maximum Gasteiger partial charge on any atom is 0.418 e. The Kier molecular flexibility index (Phi) is 5.67. The lowest BCUT2D eigenvalue weighted by Gasteiger charge is -2.36. The Labute approximate surface area is 117 Å². The van der Waals surface area contributed by atoms with E-state index in [0.29, 0.717) is 0 Å². The minimum atomic E-state index is -3.87. The standard InChI is InChI=1S/C8H19INO5PS/c1-7(2,9)8(3,4)17(12,13)10-16(11,14-5)15-6/h1-6H3,(H,10,11). The Morgan fingerprint density at radius 2 is 1.47 bits per heavy atom. The molecule has 0 unspecified atom stereocenters. The highest BCUT2D eigenvalue weighted by Gasteiger charge is 2.49. The van der Waals surface area contributed by atoms with Gasteiger partial charge in [-0.15, -0.1) is 4.49 Å². The minimum Gasteiger partial charge on any atom is -0.299 e. The molecule has 1 N–H and O–H groups in total. The van der Waals surface area contributed by atoms with Crippen molar-refractivity contribution in [2.24, 2.45) is 0 Å². The lowest BCUT2D eigenvalue weighted by atomic mass is 9.99. The summed E-state index contributed by atoms with van der Waals surface area (Å²) < 4.78 is 45.6. The topological polar surface area (TPSA) is 81.7 Å². The van der Waals surface area contributed by atoms with E-state index in [1.807, 2.05) is 27.1 Å². The second-order valence-electron chi connectivity index (χ2n) is 4.44. The lowest BCUT2D eigenvalue weighted by molar-refractivity contribution is 0.271. The molecule has 0 aromatic carbocycles. The van der Waals surface area contributed by atoms with E-state index in [1.54, 1.807) is 27.7 Å². The van der Waals surface area contributed by atoms with Gasteiger partial charge < -0.3 is 0 Å². The van der Waals surface area contributed by atoms with Crippen LogP contribution in [0.2, 0.25) is 0 Å². The molecule has 0 saturated heterocycles. The number of nitrogens with one attached hydrogen (secondary N) is 1. The van der Waals surface area contributed by atoms with Crippen molar-refractivity contribution >= 4 is 40.4 Å². The zero-order chi connectivity index (χ0) is 14.1. The number of hydrogen-bond acceptors (Lipinski definition) is 5. The molecule has 0 aliphatic heterocycles. The van der Waals surface area contributed by atoms with Crippen LogP contribution in [0.4, 0.5) is 0 Å². The Balaban J connectivity index is 5.40. The zero-order valence-corrected chi connectivity index (χ0v) is 14.6. The summed E-state index contributed by atoms with van der Waals surface area (Å²) in [6.07, 6.45) is 0. The molecule has 0 aliphatic rings. The number of halogens is 1. The van der Waals surface area contributed by atoms with Crippen LogP contribution in [0.15, 0.2) is 0 Å². The monoisotopic (exact) mass is 399 g/mol. The maximum atomic E-state index is 12.2. The number of hydrogen-bond donors (Lipinski definition) is 1. The van der Waals surface area contributed by atoms with Gasteiger partial charge in [0.05, 0.1) is 4.75 Å². The lowest BCUT2D eigenvalue weighted by Crippen LogP contribution is -2.51. The van der Waals surface area contributed by atoms with Crippen molar-refractivity contribution in [2.45, 2.75) is 35.9 Å². The quantitative estimate of drug-likeness (QED) is 0.421. The summed E-state index contributed by atoms with van der Waals surface area (Å²) in [7, 11) is -5.44. The molecule has 0 aromatic rings. The first kappa shape index (κ1) is 17.8. The highest BCUT2D eigenvalue weighted by Crippen LogP contribution is 2.46. The fourth-order valence-corrected chi connectivity index (χ4v) is 5.07. The normalized spacial score (nSPS) is 15.0. The summed E-state index contributed by atoms with van der Waals surface area (Å²) in [5, 5.41) is 0. The van der Waals surface area contributed by atoms with Crippen LogP contribution >= 0.6 is 30.3 Å². The fourth-order valence-electron chi connectivity index (χ4n) is 0.730. The molecule has 0 fully saturated rings. The summed E-state index contributed by atoms with van der Waals surface area (Å²) >= 11 is 2.03. The summed E-state index contributed by atoms with van der Waals surface area (Å²) in [5.74, 6) is 0. The van der Waals surface area contributed by atoms with Gasteiger partial charge in [0.15, 0.2) is 0 Å². The van der Waals surface area contributed by atoms with Gasteiger partial charge in [0.1, 0.15) is 0 Å². The average Bonchev–Trinajstić information content (AvgIpc) is 2.15. The molecule has 0 aliphatic carbocycles. The van der Waals surface area contributed by atoms with Gasteiger partial charge >= 0.3 is 7.75 Å². The summed E-state index contributed by atoms with van der Waals surface area (Å²) in [5.41, 5.74) is 0. The maximum absolute atomic E-state index is 12.2. The predicted molar refractivity (Wildman–Crippen MR) is 75.9 cm³/mol. The third kappa shape index (κ3) is 3.87. The van der Waals surface area contributed by atoms with E-state index in [4.69, 9.17) is 0 Å². The van der Waals surface area contributed by atoms with Crippen LogP contribution in [0.1, 0.15) is 27.7 Å². The zero-order valence-electron chi connectivity index (χ0n) is 10.8. The van der Waals surface area contributed by atoms with Crippen molar-refractivity contribution in [1.82, 2.24) is 4.49 Å². The van der Waals surface area contributed by atoms with Crippen LogP contribution in [0.25, 0.3) is 0 Å². The van der Waals surface area contributed by atoms with Crippen LogP contribution in [0.3, 0.4) is 0 Å². The van der Waals surface area contributed by atoms with Crippen molar-refractivity contribution in [3.63, 3.8) is 0 Å². The van der Waals surface area contributed by atoms with Crippen LogP contribution in [0.5, 0.6) is 0 Å². The van der Waals surface area contributed by atoms with Crippen molar-refractivity contribution in [3.05, 3.63) is 0 Å². The third-order valence-corrected chi connectivity index (χ3v) is 9.20. The van der Waals surface area contributed by atoms with Crippen LogP contribution in [-0.2, 0) is 23.6 Å². The molecule has 0 bridgehead atoms. The molecule has 0 spiro atoms. The third-order valence-electron chi connectivity index (χ3n) is 2.82. The first-order valence-corrected chi connectivity index (χ1v) is 8.87. The van der Waals surface area contributed by atoms with E-state index >= 15 is 0 Å². The Morgan fingerprint density at radius 1 is 1.12 bits per heavy atom. The Bertz CT molecular complexity index is 406. The summed E-state index contributed by atoms with van der Waals surface area (Å²) in [6.45, 7) is 6.66. The molecule has 0 amide bonds. The van der Waals surface area contributed by atoms with Gasteiger partial charge in [0.2, 0.25) is 10.0 Å². The van der Waals surface area contributed by atoms with E-state index < -0.39 is 25.9 Å². The van der Waals surface area contributed by atoms with Crippen LogP contribution in [0, 0.1) is 0 Å². The molecular weight excluding hydrogens is 380 g/mol. The molecule has 6 nitrogen and oxygen atoms in total. The predicted octanol–water partition coefficient (Wildman–Crippen LogP) is 2.30. The first-order chi connectivity index (χ1) is 7.33. The van der Waals surface area contributed by atoms with Gasteiger partial charge in [-0.3, -0.25) is 9.05 Å². The van der Waals surface area contributed by atoms with Gasteiger partial charge in [0, 0.05) is 17.6 Å². The highest BCUT2D eigenvalue weighted by atomic mass is 127. The van der Waals surface area contributed by atoms with E-state index in [2.05, 4.69) is 9.05 Å².